The van der Waals surface area contributed by atoms with Crippen LogP contribution in [0, 0.1) is 6.92 Å². The highest BCUT2D eigenvalue weighted by molar-refractivity contribution is 5.81. The summed E-state index contributed by atoms with van der Waals surface area (Å²) in [5.74, 6) is 0. The van der Waals surface area contributed by atoms with E-state index in [4.69, 9.17) is 0 Å². The van der Waals surface area contributed by atoms with E-state index in [2.05, 4.69) is 134 Å². The predicted molar refractivity (Wildman–Crippen MR) is 137 cm³/mol. The highest BCUT2D eigenvalue weighted by Crippen LogP contribution is 2.48. The normalized spacial score (nSPS) is 17.5. The lowest BCUT2D eigenvalue weighted by Gasteiger charge is -2.23. The molecule has 4 heterocycles. The topological polar surface area (TPSA) is 7.76 Å². The number of pyridine rings is 2. The molecule has 1 atom stereocenters. The Bertz CT molecular complexity index is 1650. The van der Waals surface area contributed by atoms with Crippen molar-refractivity contribution in [2.75, 3.05) is 0 Å². The SMILES string of the molecule is Cc1cc2[n+](cc1C(C)(C)C)C1(c3ccccc3-2)c2ccccc2-c2ccc3ccccc3[n+]21. The Morgan fingerprint density at radius 2 is 1.29 bits per heavy atom. The molecule has 2 aliphatic heterocycles. The molecule has 7 rings (SSSR count). The summed E-state index contributed by atoms with van der Waals surface area (Å²) in [7, 11) is 0. The Morgan fingerprint density at radius 3 is 2.00 bits per heavy atom. The van der Waals surface area contributed by atoms with Gasteiger partial charge in [-0.1, -0.05) is 57.2 Å². The van der Waals surface area contributed by atoms with Gasteiger partial charge >= 0.3 is 5.66 Å². The Hall–Kier alpha value is -3.78. The standard InChI is InChI=1S/C32H28N2/c1-21-19-30-24-13-7-9-15-26(24)32(33(30)20-27(21)31(2,3)4)25-14-8-6-12-23(25)29-18-17-22-11-5-10-16-28(22)34(29)32/h5-20H,1-4H3/q+2. The summed E-state index contributed by atoms with van der Waals surface area (Å²) >= 11 is 0. The molecule has 2 aliphatic rings. The predicted octanol–water partition coefficient (Wildman–Crippen LogP) is 6.28. The number of rotatable bonds is 0. The van der Waals surface area contributed by atoms with Crippen LogP contribution in [0.3, 0.4) is 0 Å². The van der Waals surface area contributed by atoms with Crippen molar-refractivity contribution in [3.05, 3.63) is 119 Å². The van der Waals surface area contributed by atoms with E-state index >= 15 is 0 Å². The average molecular weight is 441 g/mol. The van der Waals surface area contributed by atoms with Gasteiger partial charge in [0.1, 0.15) is 11.1 Å². The molecule has 0 saturated heterocycles. The molecular weight excluding hydrogens is 412 g/mol. The van der Waals surface area contributed by atoms with Crippen molar-refractivity contribution >= 4 is 10.9 Å². The van der Waals surface area contributed by atoms with Gasteiger partial charge in [0.15, 0.2) is 6.20 Å². The molecule has 0 fully saturated rings. The molecular formula is C32H28N2+2. The van der Waals surface area contributed by atoms with E-state index in [0.29, 0.717) is 0 Å². The van der Waals surface area contributed by atoms with Gasteiger partial charge in [-0.3, -0.25) is 0 Å². The van der Waals surface area contributed by atoms with Crippen molar-refractivity contribution in [3.8, 4) is 22.5 Å². The quantitative estimate of drug-likeness (QED) is 0.245. The summed E-state index contributed by atoms with van der Waals surface area (Å²) in [5, 5.41) is 1.26. The Kier molecular flexibility index (Phi) is 3.71. The molecule has 1 unspecified atom stereocenters. The molecule has 0 amide bonds. The van der Waals surface area contributed by atoms with Crippen LogP contribution in [0.1, 0.15) is 43.0 Å². The number of aromatic nitrogens is 2. The fourth-order valence-corrected chi connectivity index (χ4v) is 6.45. The van der Waals surface area contributed by atoms with E-state index in [0.717, 1.165) is 0 Å². The van der Waals surface area contributed by atoms with E-state index in [9.17, 15) is 0 Å². The summed E-state index contributed by atoms with van der Waals surface area (Å²) in [6.07, 6.45) is 2.44. The average Bonchev–Trinajstić information content (AvgIpc) is 3.30. The smallest absolute Gasteiger partial charge is 0.125 e. The molecule has 2 heteroatoms. The van der Waals surface area contributed by atoms with Crippen LogP contribution in [0.15, 0.2) is 97.2 Å². The fourth-order valence-electron chi connectivity index (χ4n) is 6.45. The third-order valence-corrected chi connectivity index (χ3v) is 7.77. The number of hydrogen-bond acceptors (Lipinski definition) is 0. The second-order valence-corrected chi connectivity index (χ2v) is 10.8. The van der Waals surface area contributed by atoms with Crippen LogP contribution in [0.25, 0.3) is 33.4 Å². The van der Waals surface area contributed by atoms with Crippen LogP contribution in [-0.4, -0.2) is 0 Å². The van der Waals surface area contributed by atoms with Crippen LogP contribution < -0.4 is 9.13 Å². The maximum atomic E-state index is 2.59. The molecule has 2 aromatic heterocycles. The molecule has 2 nitrogen and oxygen atoms in total. The van der Waals surface area contributed by atoms with Crippen molar-refractivity contribution in [1.82, 2.24) is 0 Å². The van der Waals surface area contributed by atoms with Gasteiger partial charge in [0, 0.05) is 29.1 Å². The molecule has 0 saturated carbocycles. The van der Waals surface area contributed by atoms with E-state index in [1.54, 1.807) is 0 Å². The third kappa shape index (κ3) is 2.26. The van der Waals surface area contributed by atoms with Crippen LogP contribution in [-0.2, 0) is 11.1 Å². The molecule has 164 valence electrons. The van der Waals surface area contributed by atoms with Gasteiger partial charge in [-0.25, -0.2) is 0 Å². The van der Waals surface area contributed by atoms with Crippen molar-refractivity contribution in [2.45, 2.75) is 38.8 Å². The minimum Gasteiger partial charge on any atom is -0.125 e. The number of fused-ring (bicyclic) bond motifs is 12. The highest BCUT2D eigenvalue weighted by Gasteiger charge is 2.67. The number of aryl methyl sites for hydroxylation is 1. The maximum absolute atomic E-state index is 2.59. The van der Waals surface area contributed by atoms with E-state index < -0.39 is 5.66 Å². The molecule has 0 aliphatic carbocycles. The van der Waals surface area contributed by atoms with Crippen molar-refractivity contribution < 1.29 is 9.13 Å². The van der Waals surface area contributed by atoms with Gasteiger partial charge in [-0.15, -0.1) is 9.13 Å². The van der Waals surface area contributed by atoms with Crippen LogP contribution in [0.4, 0.5) is 0 Å². The summed E-state index contributed by atoms with van der Waals surface area (Å²) in [5.41, 5.74) is 11.4. The molecule has 3 aromatic carbocycles. The second kappa shape index (κ2) is 6.42. The highest BCUT2D eigenvalue weighted by atomic mass is 15.3. The number of benzene rings is 3. The Morgan fingerprint density at radius 1 is 0.676 bits per heavy atom. The molecule has 0 bridgehead atoms. The first-order valence-corrected chi connectivity index (χ1v) is 12.1. The lowest BCUT2D eigenvalue weighted by Crippen LogP contribution is -2.72. The summed E-state index contributed by atoms with van der Waals surface area (Å²) < 4.78 is 5.15. The fraction of sp³-hybridized carbons (Fsp3) is 0.188. The summed E-state index contributed by atoms with van der Waals surface area (Å²) in [6.45, 7) is 9.20. The lowest BCUT2D eigenvalue weighted by molar-refractivity contribution is -0.944. The van der Waals surface area contributed by atoms with Gasteiger partial charge in [-0.2, -0.15) is 0 Å². The zero-order chi connectivity index (χ0) is 23.2. The van der Waals surface area contributed by atoms with E-state index in [-0.39, 0.29) is 5.41 Å². The number of para-hydroxylation sites is 1. The lowest BCUT2D eigenvalue weighted by atomic mass is 9.85. The van der Waals surface area contributed by atoms with Crippen LogP contribution in [0.5, 0.6) is 0 Å². The van der Waals surface area contributed by atoms with Gasteiger partial charge in [-0.05, 0) is 54.3 Å². The minimum atomic E-state index is -0.466. The zero-order valence-corrected chi connectivity index (χ0v) is 20.1. The summed E-state index contributed by atoms with van der Waals surface area (Å²) in [4.78, 5) is 0. The minimum absolute atomic E-state index is 0.0481. The molecule has 1 spiro atoms. The van der Waals surface area contributed by atoms with Gasteiger partial charge < -0.3 is 0 Å². The first kappa shape index (κ1) is 19.7. The number of hydrogen-bond donors (Lipinski definition) is 0. The summed E-state index contributed by atoms with van der Waals surface area (Å²) in [6, 6.07) is 33.7. The van der Waals surface area contributed by atoms with Crippen LogP contribution >= 0.6 is 0 Å². The number of nitrogens with zero attached hydrogens (tertiary/aromatic N) is 2. The van der Waals surface area contributed by atoms with Crippen molar-refractivity contribution in [2.24, 2.45) is 0 Å². The Labute approximate surface area is 200 Å². The first-order chi connectivity index (χ1) is 16.4. The van der Waals surface area contributed by atoms with E-state index in [1.165, 1.54) is 55.7 Å². The largest absolute Gasteiger partial charge is 0.418 e. The first-order valence-electron chi connectivity index (χ1n) is 12.1. The Balaban J connectivity index is 1.75. The van der Waals surface area contributed by atoms with Crippen LogP contribution in [0.2, 0.25) is 0 Å². The molecule has 0 N–H and O–H groups in total. The maximum Gasteiger partial charge on any atom is 0.418 e. The van der Waals surface area contributed by atoms with Crippen molar-refractivity contribution in [1.29, 1.82) is 0 Å². The van der Waals surface area contributed by atoms with Gasteiger partial charge in [0.05, 0.1) is 11.1 Å². The molecule has 5 aromatic rings. The molecule has 0 radical (unpaired) electrons. The van der Waals surface area contributed by atoms with Crippen molar-refractivity contribution in [3.63, 3.8) is 0 Å². The third-order valence-electron chi connectivity index (χ3n) is 7.77. The second-order valence-electron chi connectivity index (χ2n) is 10.8. The van der Waals surface area contributed by atoms with Gasteiger partial charge in [0.25, 0.3) is 0 Å². The molecule has 34 heavy (non-hydrogen) atoms. The van der Waals surface area contributed by atoms with E-state index in [1.807, 2.05) is 0 Å². The monoisotopic (exact) mass is 440 g/mol. The zero-order valence-electron chi connectivity index (χ0n) is 20.1. The van der Waals surface area contributed by atoms with Gasteiger partial charge in [0.2, 0.25) is 16.9 Å².